The van der Waals surface area contributed by atoms with Gasteiger partial charge in [0.1, 0.15) is 0 Å². The van der Waals surface area contributed by atoms with Gasteiger partial charge in [-0.1, -0.05) is 36.8 Å². The largest absolute Gasteiger partial charge is 0.302 e. The minimum Gasteiger partial charge on any atom is -0.302 e. The van der Waals surface area contributed by atoms with Crippen LogP contribution >= 0.6 is 0 Å². The second kappa shape index (κ2) is 8.45. The van der Waals surface area contributed by atoms with Gasteiger partial charge in [0.2, 0.25) is 0 Å². The van der Waals surface area contributed by atoms with E-state index < -0.39 is 0 Å². The highest BCUT2D eigenvalue weighted by atomic mass is 15.3. The molecule has 24 heavy (non-hydrogen) atoms. The Labute approximate surface area is 146 Å². The molecule has 0 N–H and O–H groups in total. The standard InChI is InChI=1S/C20H30N4/c1-18-20(15-21-24(18)16-19-9-5-3-6-10-19)17-22(2)13-14-23-11-7-4-8-12-23/h3,5-6,9-10,15H,4,7-8,11-14,16-17H2,1-2H3. The quantitative estimate of drug-likeness (QED) is 0.781. The molecule has 3 rings (SSSR count). The predicted molar refractivity (Wildman–Crippen MR) is 99.1 cm³/mol. The average Bonchev–Trinajstić information content (AvgIpc) is 2.95. The van der Waals surface area contributed by atoms with E-state index in [1.165, 1.54) is 55.7 Å². The summed E-state index contributed by atoms with van der Waals surface area (Å²) in [4.78, 5) is 5.02. The number of hydrogen-bond acceptors (Lipinski definition) is 3. The van der Waals surface area contributed by atoms with Crippen LogP contribution < -0.4 is 0 Å². The van der Waals surface area contributed by atoms with E-state index in [1.807, 2.05) is 6.20 Å². The van der Waals surface area contributed by atoms with Crippen molar-refractivity contribution in [2.75, 3.05) is 33.2 Å². The monoisotopic (exact) mass is 326 g/mol. The highest BCUT2D eigenvalue weighted by Crippen LogP contribution is 2.13. The first-order chi connectivity index (χ1) is 11.7. The van der Waals surface area contributed by atoms with Gasteiger partial charge in [-0.25, -0.2) is 0 Å². The van der Waals surface area contributed by atoms with Crippen LogP contribution in [0.5, 0.6) is 0 Å². The van der Waals surface area contributed by atoms with E-state index in [9.17, 15) is 0 Å². The van der Waals surface area contributed by atoms with Crippen molar-refractivity contribution >= 4 is 0 Å². The zero-order valence-corrected chi connectivity index (χ0v) is 15.1. The summed E-state index contributed by atoms with van der Waals surface area (Å²) in [7, 11) is 2.22. The number of rotatable bonds is 7. The van der Waals surface area contributed by atoms with E-state index in [1.54, 1.807) is 0 Å². The molecule has 1 aromatic heterocycles. The van der Waals surface area contributed by atoms with Crippen molar-refractivity contribution in [2.24, 2.45) is 0 Å². The second-order valence-corrected chi connectivity index (χ2v) is 7.04. The van der Waals surface area contributed by atoms with Gasteiger partial charge < -0.3 is 9.80 Å². The van der Waals surface area contributed by atoms with Crippen molar-refractivity contribution < 1.29 is 0 Å². The molecular formula is C20H30N4. The summed E-state index contributed by atoms with van der Waals surface area (Å²) >= 11 is 0. The van der Waals surface area contributed by atoms with E-state index >= 15 is 0 Å². The van der Waals surface area contributed by atoms with Gasteiger partial charge in [0.15, 0.2) is 0 Å². The third kappa shape index (κ3) is 4.68. The maximum Gasteiger partial charge on any atom is 0.0662 e. The van der Waals surface area contributed by atoms with Gasteiger partial charge in [0.25, 0.3) is 0 Å². The van der Waals surface area contributed by atoms with E-state index in [2.05, 4.69) is 63.9 Å². The van der Waals surface area contributed by atoms with Crippen LogP contribution in [-0.2, 0) is 13.1 Å². The van der Waals surface area contributed by atoms with E-state index in [0.717, 1.165) is 19.6 Å². The Hall–Kier alpha value is -1.65. The molecule has 0 amide bonds. The second-order valence-electron chi connectivity index (χ2n) is 7.04. The predicted octanol–water partition coefficient (Wildman–Crippen LogP) is 3.16. The van der Waals surface area contributed by atoms with Crippen LogP contribution in [0.4, 0.5) is 0 Å². The first-order valence-corrected chi connectivity index (χ1v) is 9.18. The molecular weight excluding hydrogens is 296 g/mol. The number of aromatic nitrogens is 2. The Kier molecular flexibility index (Phi) is 6.05. The summed E-state index contributed by atoms with van der Waals surface area (Å²) in [5, 5.41) is 4.59. The molecule has 4 heteroatoms. The SMILES string of the molecule is Cc1c(CN(C)CCN2CCCCC2)cnn1Cc1ccccc1. The minimum absolute atomic E-state index is 0.851. The van der Waals surface area contributed by atoms with Crippen LogP contribution in [0.2, 0.25) is 0 Å². The van der Waals surface area contributed by atoms with Gasteiger partial charge in [-0.05, 0) is 45.5 Å². The Morgan fingerprint density at radius 2 is 1.83 bits per heavy atom. The summed E-state index contributed by atoms with van der Waals surface area (Å²) in [5.41, 5.74) is 3.92. The highest BCUT2D eigenvalue weighted by Gasteiger charge is 2.12. The normalized spacial score (nSPS) is 16.0. The zero-order chi connectivity index (χ0) is 16.8. The topological polar surface area (TPSA) is 24.3 Å². The molecule has 1 saturated heterocycles. The Morgan fingerprint density at radius 1 is 1.08 bits per heavy atom. The molecule has 1 aliphatic heterocycles. The van der Waals surface area contributed by atoms with E-state index in [4.69, 9.17) is 0 Å². The fourth-order valence-corrected chi connectivity index (χ4v) is 3.42. The summed E-state index contributed by atoms with van der Waals surface area (Å²) in [6.45, 7) is 8.89. The highest BCUT2D eigenvalue weighted by molar-refractivity contribution is 5.20. The molecule has 0 bridgehead atoms. The number of hydrogen-bond donors (Lipinski definition) is 0. The lowest BCUT2D eigenvalue weighted by Crippen LogP contribution is -2.36. The molecule has 2 aromatic rings. The number of benzene rings is 1. The van der Waals surface area contributed by atoms with Crippen molar-refractivity contribution in [2.45, 2.75) is 39.3 Å². The molecule has 0 radical (unpaired) electrons. The Morgan fingerprint density at radius 3 is 2.58 bits per heavy atom. The lowest BCUT2D eigenvalue weighted by molar-refractivity contribution is 0.193. The summed E-state index contributed by atoms with van der Waals surface area (Å²) in [6.07, 6.45) is 6.19. The third-order valence-electron chi connectivity index (χ3n) is 5.07. The van der Waals surface area contributed by atoms with Crippen LogP contribution in [0.3, 0.4) is 0 Å². The molecule has 1 fully saturated rings. The number of piperidine rings is 1. The molecule has 130 valence electrons. The maximum absolute atomic E-state index is 4.59. The van der Waals surface area contributed by atoms with Crippen molar-refractivity contribution in [3.8, 4) is 0 Å². The molecule has 4 nitrogen and oxygen atoms in total. The molecule has 1 aliphatic rings. The van der Waals surface area contributed by atoms with Crippen LogP contribution in [-0.4, -0.2) is 52.8 Å². The zero-order valence-electron chi connectivity index (χ0n) is 15.1. The van der Waals surface area contributed by atoms with Gasteiger partial charge in [-0.3, -0.25) is 4.68 Å². The van der Waals surface area contributed by atoms with Crippen LogP contribution in [0.15, 0.2) is 36.5 Å². The van der Waals surface area contributed by atoms with Crippen LogP contribution in [0, 0.1) is 6.92 Å². The van der Waals surface area contributed by atoms with Gasteiger partial charge in [0, 0.05) is 30.9 Å². The lowest BCUT2D eigenvalue weighted by atomic mass is 10.1. The average molecular weight is 326 g/mol. The summed E-state index contributed by atoms with van der Waals surface area (Å²) < 4.78 is 2.11. The third-order valence-corrected chi connectivity index (χ3v) is 5.07. The maximum atomic E-state index is 4.59. The summed E-state index contributed by atoms with van der Waals surface area (Å²) in [5.74, 6) is 0. The number of likely N-dealkylation sites (N-methyl/N-ethyl adjacent to an activating group) is 1. The first-order valence-electron chi connectivity index (χ1n) is 9.18. The van der Waals surface area contributed by atoms with E-state index in [0.29, 0.717) is 0 Å². The molecule has 0 unspecified atom stereocenters. The van der Waals surface area contributed by atoms with Gasteiger partial charge in [-0.2, -0.15) is 5.10 Å². The minimum atomic E-state index is 0.851. The van der Waals surface area contributed by atoms with Gasteiger partial charge in [0.05, 0.1) is 12.7 Å². The lowest BCUT2D eigenvalue weighted by Gasteiger charge is -2.28. The molecule has 0 saturated carbocycles. The first kappa shape index (κ1) is 17.2. The fourth-order valence-electron chi connectivity index (χ4n) is 3.42. The van der Waals surface area contributed by atoms with Crippen molar-refractivity contribution in [1.29, 1.82) is 0 Å². The van der Waals surface area contributed by atoms with Gasteiger partial charge >= 0.3 is 0 Å². The molecule has 0 atom stereocenters. The molecule has 0 aliphatic carbocycles. The summed E-state index contributed by atoms with van der Waals surface area (Å²) in [6, 6.07) is 10.5. The fraction of sp³-hybridized carbons (Fsp3) is 0.550. The molecule has 2 heterocycles. The van der Waals surface area contributed by atoms with Crippen LogP contribution in [0.1, 0.15) is 36.1 Å². The van der Waals surface area contributed by atoms with Crippen LogP contribution in [0.25, 0.3) is 0 Å². The van der Waals surface area contributed by atoms with E-state index in [-0.39, 0.29) is 0 Å². The van der Waals surface area contributed by atoms with Crippen molar-refractivity contribution in [1.82, 2.24) is 19.6 Å². The Bertz CT molecular complexity index is 614. The van der Waals surface area contributed by atoms with Crippen molar-refractivity contribution in [3.63, 3.8) is 0 Å². The Balaban J connectivity index is 1.51. The molecule has 1 aromatic carbocycles. The molecule has 0 spiro atoms. The van der Waals surface area contributed by atoms with Gasteiger partial charge in [-0.15, -0.1) is 0 Å². The van der Waals surface area contributed by atoms with Crippen molar-refractivity contribution in [3.05, 3.63) is 53.3 Å². The number of nitrogens with zero attached hydrogens (tertiary/aromatic N) is 4. The smallest absolute Gasteiger partial charge is 0.0662 e. The number of likely N-dealkylation sites (tertiary alicyclic amines) is 1.